The average Bonchev–Trinajstić information content (AvgIpc) is 3.24. The first kappa shape index (κ1) is 16.7. The molecule has 1 fully saturated rings. The second kappa shape index (κ2) is 6.54. The van der Waals surface area contributed by atoms with Gasteiger partial charge in [-0.25, -0.2) is 15.0 Å². The molecule has 2 unspecified atom stereocenters. The van der Waals surface area contributed by atoms with Gasteiger partial charge in [0, 0.05) is 35.9 Å². The lowest BCUT2D eigenvalue weighted by Gasteiger charge is -2.21. The maximum absolute atomic E-state index is 11.4. The van der Waals surface area contributed by atoms with Crippen LogP contribution < -0.4 is 0 Å². The predicted octanol–water partition coefficient (Wildman–Crippen LogP) is 3.19. The van der Waals surface area contributed by atoms with Crippen molar-refractivity contribution >= 4 is 51.3 Å². The minimum Gasteiger partial charge on any atom is -0.461 e. The van der Waals surface area contributed by atoms with E-state index in [1.54, 1.807) is 23.0 Å². The quantitative estimate of drug-likeness (QED) is 0.249. The highest BCUT2D eigenvalue weighted by molar-refractivity contribution is 14.1. The first-order valence-corrected chi connectivity index (χ1v) is 8.94. The van der Waals surface area contributed by atoms with Crippen molar-refractivity contribution in [3.63, 3.8) is 0 Å². The molecule has 0 aliphatic carbocycles. The van der Waals surface area contributed by atoms with E-state index in [0.717, 1.165) is 0 Å². The van der Waals surface area contributed by atoms with Gasteiger partial charge in [0.25, 0.3) is 0 Å². The standard InChI is InChI=1S/C15H12ClIN4O4/c1-7(22)25-9-4-6-24-14(9)21-12(8-3-2-5-23-8)18-10-11(16)19-15(17)20-13(10)21/h2-3,5,9,14H,4,6H2,1H3. The van der Waals surface area contributed by atoms with E-state index in [1.807, 2.05) is 22.6 Å². The Morgan fingerprint density at radius 3 is 3.00 bits per heavy atom. The van der Waals surface area contributed by atoms with Crippen LogP contribution in [0.15, 0.2) is 22.8 Å². The third-order valence-corrected chi connectivity index (χ3v) is 4.54. The fraction of sp³-hybridized carbons (Fsp3) is 0.333. The molecular formula is C15H12ClIN4O4. The van der Waals surface area contributed by atoms with Crippen molar-refractivity contribution in [3.8, 4) is 11.6 Å². The van der Waals surface area contributed by atoms with Gasteiger partial charge in [-0.05, 0) is 12.1 Å². The Kier molecular flexibility index (Phi) is 4.38. The number of imidazole rings is 1. The summed E-state index contributed by atoms with van der Waals surface area (Å²) in [5.74, 6) is 0.648. The summed E-state index contributed by atoms with van der Waals surface area (Å²) in [4.78, 5) is 24.6. The van der Waals surface area contributed by atoms with Crippen molar-refractivity contribution in [1.82, 2.24) is 19.5 Å². The number of hydrogen-bond acceptors (Lipinski definition) is 7. The number of halogens is 2. The molecule has 0 aromatic carbocycles. The van der Waals surface area contributed by atoms with Gasteiger partial charge < -0.3 is 13.9 Å². The summed E-state index contributed by atoms with van der Waals surface area (Å²) in [5, 5.41) is 0.239. The number of nitrogens with zero attached hydrogens (tertiary/aromatic N) is 4. The second-order valence-corrected chi connectivity index (χ2v) is 6.76. The highest BCUT2D eigenvalue weighted by atomic mass is 127. The number of aromatic nitrogens is 4. The number of fused-ring (bicyclic) bond motifs is 1. The topological polar surface area (TPSA) is 92.3 Å². The molecule has 3 aromatic heterocycles. The lowest BCUT2D eigenvalue weighted by Crippen LogP contribution is -2.25. The number of hydrogen-bond donors (Lipinski definition) is 0. The van der Waals surface area contributed by atoms with E-state index < -0.39 is 12.3 Å². The average molecular weight is 475 g/mol. The van der Waals surface area contributed by atoms with Crippen LogP contribution in [-0.4, -0.2) is 38.2 Å². The predicted molar refractivity (Wildman–Crippen MR) is 95.9 cm³/mol. The molecule has 0 N–H and O–H groups in total. The van der Waals surface area contributed by atoms with Gasteiger partial charge in [0.05, 0.1) is 12.9 Å². The maximum atomic E-state index is 11.4. The number of carbonyl (C=O) groups excluding carboxylic acids is 1. The fourth-order valence-electron chi connectivity index (χ4n) is 2.86. The van der Waals surface area contributed by atoms with Crippen LogP contribution >= 0.6 is 34.2 Å². The molecule has 1 aliphatic heterocycles. The summed E-state index contributed by atoms with van der Waals surface area (Å²) >= 11 is 8.23. The maximum Gasteiger partial charge on any atom is 0.303 e. The molecule has 3 aromatic rings. The van der Waals surface area contributed by atoms with E-state index in [4.69, 9.17) is 25.5 Å². The number of rotatable bonds is 3. The van der Waals surface area contributed by atoms with Crippen LogP contribution in [0.25, 0.3) is 22.7 Å². The molecule has 0 bridgehead atoms. The highest BCUT2D eigenvalue weighted by Crippen LogP contribution is 2.36. The van der Waals surface area contributed by atoms with Gasteiger partial charge in [0.15, 0.2) is 32.4 Å². The molecule has 2 atom stereocenters. The molecule has 0 amide bonds. The molecule has 25 heavy (non-hydrogen) atoms. The van der Waals surface area contributed by atoms with Crippen molar-refractivity contribution in [2.24, 2.45) is 0 Å². The molecule has 4 rings (SSSR count). The summed E-state index contributed by atoms with van der Waals surface area (Å²) in [6.07, 6.45) is 1.11. The molecule has 8 nitrogen and oxygen atoms in total. The zero-order valence-electron chi connectivity index (χ0n) is 13.0. The van der Waals surface area contributed by atoms with Crippen LogP contribution in [0.3, 0.4) is 0 Å². The number of ether oxygens (including phenoxy) is 2. The van der Waals surface area contributed by atoms with Gasteiger partial charge in [0.1, 0.15) is 11.6 Å². The van der Waals surface area contributed by atoms with Crippen LogP contribution in [0.2, 0.25) is 5.15 Å². The van der Waals surface area contributed by atoms with Gasteiger partial charge in [-0.15, -0.1) is 0 Å². The lowest BCUT2D eigenvalue weighted by atomic mass is 10.2. The second-order valence-electron chi connectivity index (χ2n) is 5.44. The van der Waals surface area contributed by atoms with Crippen molar-refractivity contribution in [3.05, 3.63) is 27.4 Å². The normalized spacial score (nSPS) is 20.3. The molecule has 4 heterocycles. The summed E-state index contributed by atoms with van der Waals surface area (Å²) in [5.41, 5.74) is 0.936. The first-order valence-electron chi connectivity index (χ1n) is 7.48. The zero-order valence-corrected chi connectivity index (χ0v) is 15.9. The van der Waals surface area contributed by atoms with Crippen molar-refractivity contribution < 1.29 is 18.7 Å². The van der Waals surface area contributed by atoms with E-state index in [-0.39, 0.29) is 11.1 Å². The van der Waals surface area contributed by atoms with E-state index in [0.29, 0.717) is 39.6 Å². The van der Waals surface area contributed by atoms with Crippen LogP contribution in [0.5, 0.6) is 0 Å². The Labute approximate surface area is 160 Å². The Bertz CT molecular complexity index is 943. The minimum atomic E-state index is -0.573. The fourth-order valence-corrected chi connectivity index (χ4v) is 3.68. The summed E-state index contributed by atoms with van der Waals surface area (Å²) in [7, 11) is 0. The molecule has 0 radical (unpaired) electrons. The zero-order chi connectivity index (χ0) is 17.6. The number of esters is 1. The monoisotopic (exact) mass is 474 g/mol. The molecule has 0 saturated carbocycles. The minimum absolute atomic E-state index is 0.239. The summed E-state index contributed by atoms with van der Waals surface area (Å²) in [6, 6.07) is 3.54. The van der Waals surface area contributed by atoms with Gasteiger partial charge in [-0.1, -0.05) is 11.6 Å². The van der Waals surface area contributed by atoms with Crippen LogP contribution in [-0.2, 0) is 14.3 Å². The third-order valence-electron chi connectivity index (χ3n) is 3.79. The molecular weight excluding hydrogens is 463 g/mol. The Morgan fingerprint density at radius 2 is 2.28 bits per heavy atom. The van der Waals surface area contributed by atoms with E-state index in [1.165, 1.54) is 6.92 Å². The highest BCUT2D eigenvalue weighted by Gasteiger charge is 2.36. The van der Waals surface area contributed by atoms with E-state index in [2.05, 4.69) is 15.0 Å². The van der Waals surface area contributed by atoms with Crippen LogP contribution in [0.1, 0.15) is 19.6 Å². The van der Waals surface area contributed by atoms with Crippen molar-refractivity contribution in [2.45, 2.75) is 25.7 Å². The van der Waals surface area contributed by atoms with Gasteiger partial charge in [-0.3, -0.25) is 9.36 Å². The first-order chi connectivity index (χ1) is 12.0. The SMILES string of the molecule is CC(=O)OC1CCOC1n1c(-c2ccco2)nc2c(Cl)nc(I)nc21. The number of carbonyl (C=O) groups is 1. The van der Waals surface area contributed by atoms with Crippen LogP contribution in [0, 0.1) is 3.83 Å². The molecule has 0 spiro atoms. The van der Waals surface area contributed by atoms with E-state index >= 15 is 0 Å². The Balaban J connectivity index is 1.94. The lowest BCUT2D eigenvalue weighted by molar-refractivity contribution is -0.151. The molecule has 10 heteroatoms. The molecule has 1 aliphatic rings. The van der Waals surface area contributed by atoms with Crippen molar-refractivity contribution in [2.75, 3.05) is 6.61 Å². The summed E-state index contributed by atoms with van der Waals surface area (Å²) < 4.78 is 19.0. The number of furan rings is 1. The van der Waals surface area contributed by atoms with Crippen molar-refractivity contribution in [1.29, 1.82) is 0 Å². The smallest absolute Gasteiger partial charge is 0.303 e. The summed E-state index contributed by atoms with van der Waals surface area (Å²) in [6.45, 7) is 1.83. The molecule has 1 saturated heterocycles. The largest absolute Gasteiger partial charge is 0.461 e. The Morgan fingerprint density at radius 1 is 1.44 bits per heavy atom. The molecule has 130 valence electrons. The van der Waals surface area contributed by atoms with Gasteiger partial charge in [0.2, 0.25) is 0 Å². The van der Waals surface area contributed by atoms with E-state index in [9.17, 15) is 4.79 Å². The third kappa shape index (κ3) is 3.00. The van der Waals surface area contributed by atoms with Gasteiger partial charge in [-0.2, -0.15) is 0 Å². The van der Waals surface area contributed by atoms with Gasteiger partial charge >= 0.3 is 5.97 Å². The Hall–Kier alpha value is -1.72. The van der Waals surface area contributed by atoms with Crippen LogP contribution in [0.4, 0.5) is 0 Å².